The van der Waals surface area contributed by atoms with Crippen molar-refractivity contribution in [1.82, 2.24) is 35.3 Å². The summed E-state index contributed by atoms with van der Waals surface area (Å²) in [5.41, 5.74) is 7.73. The normalized spacial score (nSPS) is 15.8. The summed E-state index contributed by atoms with van der Waals surface area (Å²) in [7, 11) is 0. The average molecular weight is 914 g/mol. The molecule has 0 spiro atoms. The van der Waals surface area contributed by atoms with Crippen LogP contribution in [0.2, 0.25) is 0 Å². The summed E-state index contributed by atoms with van der Waals surface area (Å²) in [5.74, 6) is -3.63. The Morgan fingerprint density at radius 1 is 0.894 bits per heavy atom. The molecule has 1 saturated heterocycles. The minimum absolute atomic E-state index is 0.0257. The van der Waals surface area contributed by atoms with Crippen LogP contribution in [0, 0.1) is 0 Å². The number of hydrogen-bond donors (Lipinski definition) is 7. The minimum atomic E-state index is -4.45. The van der Waals surface area contributed by atoms with Crippen molar-refractivity contribution in [3.05, 3.63) is 113 Å². The van der Waals surface area contributed by atoms with Crippen LogP contribution in [0.3, 0.4) is 0 Å². The zero-order valence-electron chi connectivity index (χ0n) is 34.8. The van der Waals surface area contributed by atoms with Gasteiger partial charge in [-0.1, -0.05) is 12.1 Å². The molecule has 5 aromatic rings. The molecule has 0 aliphatic carbocycles. The zero-order chi connectivity index (χ0) is 47.0. The number of halogens is 3. The number of carbonyl (C=O) groups is 6. The summed E-state index contributed by atoms with van der Waals surface area (Å²) in [6.45, 7) is 0.195. The highest BCUT2D eigenvalue weighted by Crippen LogP contribution is 2.39. The van der Waals surface area contributed by atoms with Crippen LogP contribution in [0.4, 0.5) is 30.4 Å². The largest absolute Gasteiger partial charge is 0.405 e. The molecule has 1 fully saturated rings. The molecule has 0 bridgehead atoms. The molecular formula is C43H42F3N11O9. The van der Waals surface area contributed by atoms with Gasteiger partial charge in [-0.2, -0.15) is 18.3 Å². The Morgan fingerprint density at radius 2 is 1.64 bits per heavy atom. The molecule has 7 rings (SSSR count). The maximum atomic E-state index is 13.3. The lowest BCUT2D eigenvalue weighted by Crippen LogP contribution is -2.53. The number of nitrogens with zero attached hydrogens (tertiary/aromatic N) is 5. The Balaban J connectivity index is 0.828. The standard InChI is InChI=1S/C43H42F3N11O9/c44-43(45,46)23-51-33-21-25(13-14-49-33)28-4-2-6-30(52-28)39(61)53-31-22-56(55-36(31)37(47)59)26-9-7-24(8-10-26)38(60)50-16-18-66-20-19-65-17-15-48-29-5-1-3-27-35(29)42(64)57(41(27)63)32-11-12-34(58)54-40(32)62/h1-10,13-14,21-22,32,42,48,64H,11-12,15-20,23H2,(H2,47,59)(H,49,51)(H,50,60)(H,53,61)(H,54,58,62). The van der Waals surface area contributed by atoms with E-state index >= 15 is 0 Å². The van der Waals surface area contributed by atoms with Gasteiger partial charge >= 0.3 is 6.18 Å². The molecule has 2 aromatic carbocycles. The van der Waals surface area contributed by atoms with E-state index in [2.05, 4.69) is 41.7 Å². The Labute approximate surface area is 373 Å². The second kappa shape index (κ2) is 20.4. The van der Waals surface area contributed by atoms with Crippen molar-refractivity contribution >= 4 is 52.6 Å². The number of pyridine rings is 2. The lowest BCUT2D eigenvalue weighted by molar-refractivity contribution is -0.139. The average Bonchev–Trinajstić information content (AvgIpc) is 3.84. The monoisotopic (exact) mass is 913 g/mol. The second-order valence-electron chi connectivity index (χ2n) is 14.7. The topological polar surface area (TPSA) is 274 Å². The molecule has 2 aliphatic rings. The SMILES string of the molecule is NC(=O)c1nn(-c2ccc(C(=O)NCCOCCOCCNc3cccc4c3C(O)N(C3CCC(=O)NC3=O)C4=O)cc2)cc1NC(=O)c1cccc(-c2ccnc(NCC(F)(F)F)c2)n1. The number of hydrogen-bond acceptors (Lipinski definition) is 14. The molecule has 0 saturated carbocycles. The number of aliphatic hydroxyl groups is 1. The van der Waals surface area contributed by atoms with Gasteiger partial charge in [0.1, 0.15) is 24.1 Å². The van der Waals surface area contributed by atoms with Crippen LogP contribution in [0.5, 0.6) is 0 Å². The fourth-order valence-electron chi connectivity index (χ4n) is 7.08. The third kappa shape index (κ3) is 11.1. The first-order chi connectivity index (χ1) is 31.7. The summed E-state index contributed by atoms with van der Waals surface area (Å²) < 4.78 is 50.5. The number of aliphatic hydroxyl groups excluding tert-OH is 1. The number of imide groups is 1. The van der Waals surface area contributed by atoms with Crippen molar-refractivity contribution in [2.75, 3.05) is 62.0 Å². The first-order valence-corrected chi connectivity index (χ1v) is 20.4. The third-order valence-corrected chi connectivity index (χ3v) is 10.2. The second-order valence-corrected chi connectivity index (χ2v) is 14.7. The Kier molecular flexibility index (Phi) is 14.3. The van der Waals surface area contributed by atoms with Crippen LogP contribution >= 0.6 is 0 Å². The van der Waals surface area contributed by atoms with E-state index in [0.29, 0.717) is 34.6 Å². The summed E-state index contributed by atoms with van der Waals surface area (Å²) in [6, 6.07) is 17.6. The van der Waals surface area contributed by atoms with E-state index in [-0.39, 0.29) is 85.9 Å². The lowest BCUT2D eigenvalue weighted by atomic mass is 10.0. The molecule has 6 amide bonds. The molecule has 66 heavy (non-hydrogen) atoms. The van der Waals surface area contributed by atoms with Gasteiger partial charge in [0, 0.05) is 53.6 Å². The van der Waals surface area contributed by atoms with E-state index in [1.807, 2.05) is 0 Å². The number of anilines is 3. The van der Waals surface area contributed by atoms with Crippen LogP contribution in [0.15, 0.2) is 85.2 Å². The van der Waals surface area contributed by atoms with E-state index in [4.69, 9.17) is 15.2 Å². The van der Waals surface area contributed by atoms with Crippen molar-refractivity contribution in [2.45, 2.75) is 31.3 Å². The number of carbonyl (C=O) groups excluding carboxylic acids is 6. The van der Waals surface area contributed by atoms with Gasteiger partial charge in [-0.05, 0) is 67.1 Å². The van der Waals surface area contributed by atoms with E-state index < -0.39 is 54.5 Å². The molecule has 23 heteroatoms. The molecular weight excluding hydrogens is 872 g/mol. The fourth-order valence-corrected chi connectivity index (χ4v) is 7.08. The van der Waals surface area contributed by atoms with Gasteiger partial charge < -0.3 is 41.6 Å². The maximum Gasteiger partial charge on any atom is 0.405 e. The number of aromatic nitrogens is 4. The van der Waals surface area contributed by atoms with E-state index in [9.17, 15) is 47.0 Å². The molecule has 2 unspecified atom stereocenters. The number of nitrogens with two attached hydrogens (primary N) is 1. The summed E-state index contributed by atoms with van der Waals surface area (Å²) in [4.78, 5) is 84.7. The zero-order valence-corrected chi connectivity index (χ0v) is 34.8. The highest BCUT2D eigenvalue weighted by Gasteiger charge is 2.45. The number of primary amides is 1. The van der Waals surface area contributed by atoms with E-state index in [0.717, 1.165) is 4.90 Å². The number of rotatable bonds is 19. The number of alkyl halides is 3. The lowest BCUT2D eigenvalue weighted by Gasteiger charge is -2.32. The number of nitrogens with one attached hydrogen (secondary N) is 5. The first-order valence-electron chi connectivity index (χ1n) is 20.4. The first kappa shape index (κ1) is 46.2. The summed E-state index contributed by atoms with van der Waals surface area (Å²) in [5, 5.41) is 28.1. The number of ether oxygens (including phenoxy) is 2. The van der Waals surface area contributed by atoms with Gasteiger partial charge in [-0.15, -0.1) is 0 Å². The Hall–Kier alpha value is -7.76. The molecule has 5 heterocycles. The number of benzene rings is 2. The van der Waals surface area contributed by atoms with Crippen molar-refractivity contribution in [1.29, 1.82) is 0 Å². The van der Waals surface area contributed by atoms with Gasteiger partial charge in [0.25, 0.3) is 23.6 Å². The maximum absolute atomic E-state index is 13.3. The van der Waals surface area contributed by atoms with Gasteiger partial charge in [0.15, 0.2) is 11.9 Å². The summed E-state index contributed by atoms with van der Waals surface area (Å²) in [6.07, 6.45) is -2.98. The number of amides is 6. The molecule has 3 aromatic heterocycles. The molecule has 2 atom stereocenters. The predicted octanol–water partition coefficient (Wildman–Crippen LogP) is 2.78. The van der Waals surface area contributed by atoms with Crippen LogP contribution in [-0.2, 0) is 19.1 Å². The van der Waals surface area contributed by atoms with Gasteiger partial charge in [0.2, 0.25) is 11.8 Å². The molecule has 0 radical (unpaired) electrons. The van der Waals surface area contributed by atoms with Crippen LogP contribution in [-0.4, -0.2) is 123 Å². The van der Waals surface area contributed by atoms with Crippen molar-refractivity contribution in [3.8, 4) is 16.9 Å². The Morgan fingerprint density at radius 3 is 2.36 bits per heavy atom. The molecule has 2 aliphatic heterocycles. The third-order valence-electron chi connectivity index (χ3n) is 10.2. The van der Waals surface area contributed by atoms with Crippen LogP contribution in [0.1, 0.15) is 66.3 Å². The number of piperidine rings is 1. The van der Waals surface area contributed by atoms with Crippen molar-refractivity contribution < 1.29 is 56.5 Å². The van der Waals surface area contributed by atoms with E-state index in [1.54, 1.807) is 36.4 Å². The highest BCUT2D eigenvalue weighted by atomic mass is 19.4. The minimum Gasteiger partial charge on any atom is -0.382 e. The molecule has 20 nitrogen and oxygen atoms in total. The van der Waals surface area contributed by atoms with Crippen LogP contribution < -0.4 is 32.3 Å². The van der Waals surface area contributed by atoms with Crippen molar-refractivity contribution in [3.63, 3.8) is 0 Å². The smallest absolute Gasteiger partial charge is 0.382 e. The predicted molar refractivity (Wildman–Crippen MR) is 228 cm³/mol. The highest BCUT2D eigenvalue weighted by molar-refractivity contribution is 6.08. The van der Waals surface area contributed by atoms with Crippen LogP contribution in [0.25, 0.3) is 16.9 Å². The number of fused-ring (bicyclic) bond motifs is 1. The summed E-state index contributed by atoms with van der Waals surface area (Å²) >= 11 is 0. The van der Waals surface area contributed by atoms with Gasteiger partial charge in [0.05, 0.1) is 49.7 Å². The van der Waals surface area contributed by atoms with Gasteiger partial charge in [-0.3, -0.25) is 39.0 Å². The molecule has 344 valence electrons. The van der Waals surface area contributed by atoms with Crippen molar-refractivity contribution in [2.24, 2.45) is 5.73 Å². The Bertz CT molecular complexity index is 2640. The molecule has 8 N–H and O–H groups in total. The van der Waals surface area contributed by atoms with E-state index in [1.165, 1.54) is 53.5 Å². The fraction of sp³-hybridized carbons (Fsp3) is 0.279. The quantitative estimate of drug-likeness (QED) is 0.0464. The van der Waals surface area contributed by atoms with Gasteiger partial charge in [-0.25, -0.2) is 14.6 Å².